The summed E-state index contributed by atoms with van der Waals surface area (Å²) in [6, 6.07) is 8.26. The van der Waals surface area contributed by atoms with Gasteiger partial charge in [-0.15, -0.1) is 0 Å². The highest BCUT2D eigenvalue weighted by Gasteiger charge is 2.32. The zero-order chi connectivity index (χ0) is 23.9. The van der Waals surface area contributed by atoms with E-state index in [1.807, 2.05) is 4.90 Å². The smallest absolute Gasteiger partial charge is 0.337 e. The molecule has 1 aliphatic heterocycles. The Hall–Kier alpha value is -3.42. The number of nitrogens with zero attached hydrogens (tertiary/aromatic N) is 1. The first-order chi connectivity index (χ1) is 15.6. The highest BCUT2D eigenvalue weighted by Crippen LogP contribution is 2.34. The first-order valence-electron chi connectivity index (χ1n) is 10.9. The molecule has 1 saturated heterocycles. The van der Waals surface area contributed by atoms with Gasteiger partial charge in [-0.3, -0.25) is 4.79 Å². The Morgan fingerprint density at radius 1 is 1.24 bits per heavy atom. The molecule has 2 aromatic carbocycles. The van der Waals surface area contributed by atoms with Crippen LogP contribution in [0.2, 0.25) is 0 Å². The predicted octanol–water partition coefficient (Wildman–Crippen LogP) is 5.44. The number of alkyl halides is 1. The van der Waals surface area contributed by atoms with Crippen LogP contribution >= 0.6 is 0 Å². The normalized spacial score (nSPS) is 16.6. The first-order valence-corrected chi connectivity index (χ1v) is 10.9. The molecule has 0 amide bonds. The molecule has 33 heavy (non-hydrogen) atoms. The van der Waals surface area contributed by atoms with Gasteiger partial charge in [0.15, 0.2) is 5.43 Å². The number of hydrogen-bond donors (Lipinski definition) is 2. The average Bonchev–Trinajstić information content (AvgIpc) is 2.76. The summed E-state index contributed by atoms with van der Waals surface area (Å²) in [6.45, 7) is 5.73. The molecule has 0 spiro atoms. The Balaban J connectivity index is 1.80. The van der Waals surface area contributed by atoms with E-state index in [2.05, 4.69) is 5.32 Å². The van der Waals surface area contributed by atoms with Gasteiger partial charge in [0.05, 0.1) is 22.6 Å². The fourth-order valence-electron chi connectivity index (χ4n) is 4.28. The number of piperidine rings is 1. The molecule has 2 heterocycles. The molecule has 8 heteroatoms. The lowest BCUT2D eigenvalue weighted by Gasteiger charge is -2.35. The van der Waals surface area contributed by atoms with E-state index in [0.29, 0.717) is 48.6 Å². The Morgan fingerprint density at radius 3 is 2.58 bits per heavy atom. The number of aromatic carboxylic acids is 1. The van der Waals surface area contributed by atoms with Gasteiger partial charge in [0, 0.05) is 24.3 Å². The number of nitrogens with one attached hydrogen (secondary N) is 1. The lowest BCUT2D eigenvalue weighted by atomic mass is 9.95. The number of carboxylic acids is 1. The molecule has 6 nitrogen and oxygen atoms in total. The van der Waals surface area contributed by atoms with Crippen LogP contribution in [0.5, 0.6) is 0 Å². The Kier molecular flexibility index (Phi) is 5.86. The van der Waals surface area contributed by atoms with E-state index in [4.69, 9.17) is 4.42 Å². The second-order valence-electron chi connectivity index (χ2n) is 8.85. The number of hydrogen-bond acceptors (Lipinski definition) is 5. The van der Waals surface area contributed by atoms with Crippen molar-refractivity contribution in [2.45, 2.75) is 45.3 Å². The van der Waals surface area contributed by atoms with Crippen LogP contribution in [0, 0.1) is 12.7 Å². The molecule has 0 saturated carbocycles. The van der Waals surface area contributed by atoms with Gasteiger partial charge in [0.25, 0.3) is 0 Å². The van der Waals surface area contributed by atoms with E-state index in [1.54, 1.807) is 39.0 Å². The molecular formula is C25H26F2N2O4. The van der Waals surface area contributed by atoms with Crippen LogP contribution < -0.4 is 15.6 Å². The Bertz CT molecular complexity index is 1280. The number of carbonyl (C=O) groups is 1. The van der Waals surface area contributed by atoms with Gasteiger partial charge in [-0.25, -0.2) is 13.6 Å². The van der Waals surface area contributed by atoms with Crippen LogP contribution in [0.1, 0.15) is 54.2 Å². The molecule has 2 N–H and O–H groups in total. The number of anilines is 2. The lowest BCUT2D eigenvalue weighted by Crippen LogP contribution is -2.40. The van der Waals surface area contributed by atoms with Gasteiger partial charge in [-0.1, -0.05) is 12.1 Å². The van der Waals surface area contributed by atoms with Crippen molar-refractivity contribution in [1.29, 1.82) is 0 Å². The minimum absolute atomic E-state index is 0.0747. The van der Waals surface area contributed by atoms with Gasteiger partial charge >= 0.3 is 5.97 Å². The van der Waals surface area contributed by atoms with Crippen molar-refractivity contribution in [3.63, 3.8) is 0 Å². The molecule has 1 atom stereocenters. The molecule has 0 aliphatic carbocycles. The summed E-state index contributed by atoms with van der Waals surface area (Å²) >= 11 is 0. The van der Waals surface area contributed by atoms with Crippen molar-refractivity contribution >= 4 is 28.5 Å². The maximum absolute atomic E-state index is 14.5. The quantitative estimate of drug-likeness (QED) is 0.532. The Labute approximate surface area is 189 Å². The fourth-order valence-corrected chi connectivity index (χ4v) is 4.28. The third kappa shape index (κ3) is 4.42. The summed E-state index contributed by atoms with van der Waals surface area (Å²) in [4.78, 5) is 26.5. The van der Waals surface area contributed by atoms with E-state index in [1.165, 1.54) is 12.1 Å². The second-order valence-corrected chi connectivity index (χ2v) is 8.85. The van der Waals surface area contributed by atoms with E-state index in [0.717, 1.165) is 6.07 Å². The lowest BCUT2D eigenvalue weighted by molar-refractivity contribution is 0.0698. The molecule has 3 aromatic rings. The summed E-state index contributed by atoms with van der Waals surface area (Å²) in [7, 11) is 0. The second kappa shape index (κ2) is 8.50. The largest absolute Gasteiger partial charge is 0.478 e. The van der Waals surface area contributed by atoms with Crippen molar-refractivity contribution in [3.8, 4) is 0 Å². The number of benzene rings is 2. The third-order valence-electron chi connectivity index (χ3n) is 6.28. The molecule has 0 bridgehead atoms. The molecular weight excluding hydrogens is 430 g/mol. The minimum atomic E-state index is -1.26. The molecule has 1 aliphatic rings. The highest BCUT2D eigenvalue weighted by atomic mass is 19.1. The predicted molar refractivity (Wildman–Crippen MR) is 124 cm³/mol. The van der Waals surface area contributed by atoms with Crippen LogP contribution in [0.25, 0.3) is 11.0 Å². The van der Waals surface area contributed by atoms with Gasteiger partial charge in [0.2, 0.25) is 5.88 Å². The van der Waals surface area contributed by atoms with Crippen LogP contribution in [0.15, 0.2) is 45.6 Å². The molecule has 174 valence electrons. The Morgan fingerprint density at radius 2 is 1.91 bits per heavy atom. The van der Waals surface area contributed by atoms with Gasteiger partial charge in [0.1, 0.15) is 17.1 Å². The van der Waals surface area contributed by atoms with Crippen molar-refractivity contribution in [2.24, 2.45) is 0 Å². The maximum atomic E-state index is 14.5. The molecule has 1 aromatic heterocycles. The van der Waals surface area contributed by atoms with Crippen LogP contribution in [0.4, 0.5) is 20.4 Å². The first kappa shape index (κ1) is 22.8. The topological polar surface area (TPSA) is 82.8 Å². The van der Waals surface area contributed by atoms with E-state index < -0.39 is 23.5 Å². The maximum Gasteiger partial charge on any atom is 0.337 e. The van der Waals surface area contributed by atoms with E-state index in [-0.39, 0.29) is 22.0 Å². The van der Waals surface area contributed by atoms with Crippen LogP contribution in [-0.4, -0.2) is 29.8 Å². The highest BCUT2D eigenvalue weighted by molar-refractivity contribution is 5.94. The van der Waals surface area contributed by atoms with Crippen LogP contribution in [0.3, 0.4) is 0 Å². The van der Waals surface area contributed by atoms with Crippen molar-refractivity contribution < 1.29 is 23.1 Å². The number of halogens is 2. The minimum Gasteiger partial charge on any atom is -0.478 e. The molecule has 0 radical (unpaired) electrons. The fraction of sp³-hybridized carbons (Fsp3) is 0.360. The van der Waals surface area contributed by atoms with Crippen molar-refractivity contribution in [2.75, 3.05) is 23.3 Å². The zero-order valence-electron chi connectivity index (χ0n) is 18.7. The number of rotatable bonds is 5. The van der Waals surface area contributed by atoms with Gasteiger partial charge in [-0.05, 0) is 57.9 Å². The van der Waals surface area contributed by atoms with Gasteiger partial charge in [-0.2, -0.15) is 0 Å². The summed E-state index contributed by atoms with van der Waals surface area (Å²) < 4.78 is 35.0. The monoisotopic (exact) mass is 456 g/mol. The molecule has 1 fully saturated rings. The third-order valence-corrected chi connectivity index (χ3v) is 6.28. The summed E-state index contributed by atoms with van der Waals surface area (Å²) in [5.41, 5.74) is -0.212. The standard InChI is InChI=1S/C25H26F2N2O4/c1-14-21(30)19-13-16(26)12-18(15(2)28-20-7-5-4-6-17(20)24(31)32)22(19)33-23(14)29-10-8-25(3,27)9-11-29/h4-7,12-13,15,28H,8-11H2,1-3H3,(H,31,32)/t15-/m1/s1. The SMILES string of the molecule is Cc1c(N2CCC(C)(F)CC2)oc2c([C@@H](C)Nc3ccccc3C(=O)O)cc(F)cc2c1=O. The van der Waals surface area contributed by atoms with Crippen molar-refractivity contribution in [1.82, 2.24) is 0 Å². The summed E-state index contributed by atoms with van der Waals surface area (Å²) in [5, 5.41) is 12.7. The molecule has 0 unspecified atom stereocenters. The summed E-state index contributed by atoms with van der Waals surface area (Å²) in [5.74, 6) is -1.33. The van der Waals surface area contributed by atoms with E-state index >= 15 is 0 Å². The zero-order valence-corrected chi connectivity index (χ0v) is 18.7. The van der Waals surface area contributed by atoms with E-state index in [9.17, 15) is 23.5 Å². The number of para-hydroxylation sites is 1. The van der Waals surface area contributed by atoms with Gasteiger partial charge < -0.3 is 19.7 Å². The average molecular weight is 456 g/mol. The summed E-state index contributed by atoms with van der Waals surface area (Å²) in [6.07, 6.45) is 0.628. The molecule has 4 rings (SSSR count). The van der Waals surface area contributed by atoms with Crippen LogP contribution in [-0.2, 0) is 0 Å². The number of carboxylic acid groups (broad SMARTS) is 1. The van der Waals surface area contributed by atoms with Crippen molar-refractivity contribution in [3.05, 3.63) is 69.1 Å². The number of fused-ring (bicyclic) bond motifs is 1.